The number of hydrogen-bond donors (Lipinski definition) is 2. The summed E-state index contributed by atoms with van der Waals surface area (Å²) < 4.78 is 1.91. The van der Waals surface area contributed by atoms with E-state index in [4.69, 9.17) is 0 Å². The predicted octanol–water partition coefficient (Wildman–Crippen LogP) is 1.74. The van der Waals surface area contributed by atoms with Crippen LogP contribution in [-0.4, -0.2) is 28.4 Å². The first-order chi connectivity index (χ1) is 9.13. The Kier molecular flexibility index (Phi) is 4.76. The zero-order valence-corrected chi connectivity index (χ0v) is 12.6. The maximum atomic E-state index is 12.1. The lowest BCUT2D eigenvalue weighted by molar-refractivity contribution is 0.389. The smallest absolute Gasteiger partial charge is 0.283 e. The van der Waals surface area contributed by atoms with Crippen LogP contribution in [0.5, 0.6) is 0 Å². The molecule has 0 radical (unpaired) electrons. The molecule has 2 atom stereocenters. The molecule has 0 bridgehead atoms. The molecule has 0 aliphatic carbocycles. The molecule has 1 saturated heterocycles. The molecule has 1 aliphatic heterocycles. The topological polar surface area (TPSA) is 59.0 Å². The Hall–Kier alpha value is -1.14. The highest BCUT2D eigenvalue weighted by molar-refractivity contribution is 9.10. The molecular weight excluding hydrogens is 308 g/mol. The third kappa shape index (κ3) is 3.25. The zero-order chi connectivity index (χ0) is 13.8. The van der Waals surface area contributed by atoms with Gasteiger partial charge in [-0.25, -0.2) is 4.68 Å². The molecule has 2 unspecified atom stereocenters. The second kappa shape index (κ2) is 6.34. The first kappa shape index (κ1) is 14.3. The number of anilines is 1. The Morgan fingerprint density at radius 2 is 2.53 bits per heavy atom. The average molecular weight is 327 g/mol. The second-order valence-corrected chi connectivity index (χ2v) is 5.58. The van der Waals surface area contributed by atoms with Crippen LogP contribution in [0.1, 0.15) is 19.8 Å². The van der Waals surface area contributed by atoms with Crippen molar-refractivity contribution in [3.8, 4) is 0 Å². The zero-order valence-electron chi connectivity index (χ0n) is 11.0. The van der Waals surface area contributed by atoms with E-state index in [1.54, 1.807) is 12.3 Å². The van der Waals surface area contributed by atoms with Crippen LogP contribution in [0.3, 0.4) is 0 Å². The number of piperidine rings is 1. The van der Waals surface area contributed by atoms with Crippen LogP contribution in [0.4, 0.5) is 5.69 Å². The highest BCUT2D eigenvalue weighted by atomic mass is 79.9. The van der Waals surface area contributed by atoms with Gasteiger partial charge in [-0.2, -0.15) is 5.10 Å². The van der Waals surface area contributed by atoms with Gasteiger partial charge in [0.2, 0.25) is 0 Å². The molecule has 1 aliphatic rings. The van der Waals surface area contributed by atoms with Crippen molar-refractivity contribution in [2.24, 2.45) is 0 Å². The summed E-state index contributed by atoms with van der Waals surface area (Å²) in [7, 11) is 0. The van der Waals surface area contributed by atoms with Crippen molar-refractivity contribution in [1.82, 2.24) is 15.1 Å². The van der Waals surface area contributed by atoms with Gasteiger partial charge in [0.05, 0.1) is 18.4 Å². The van der Waals surface area contributed by atoms with Crippen molar-refractivity contribution in [1.29, 1.82) is 0 Å². The largest absolute Gasteiger partial charge is 0.378 e. The quantitative estimate of drug-likeness (QED) is 0.827. The van der Waals surface area contributed by atoms with Gasteiger partial charge in [-0.3, -0.25) is 4.79 Å². The third-order valence-electron chi connectivity index (χ3n) is 3.39. The lowest BCUT2D eigenvalue weighted by Crippen LogP contribution is -2.46. The summed E-state index contributed by atoms with van der Waals surface area (Å²) in [4.78, 5) is 12.1. The molecule has 2 N–H and O–H groups in total. The van der Waals surface area contributed by atoms with Crippen molar-refractivity contribution in [3.05, 3.63) is 33.7 Å². The summed E-state index contributed by atoms with van der Waals surface area (Å²) >= 11 is 3.36. The Labute approximate surface area is 121 Å². The van der Waals surface area contributed by atoms with E-state index in [-0.39, 0.29) is 5.56 Å². The Morgan fingerprint density at radius 1 is 1.74 bits per heavy atom. The van der Waals surface area contributed by atoms with Gasteiger partial charge < -0.3 is 10.6 Å². The third-order valence-corrected chi connectivity index (χ3v) is 4.16. The predicted molar refractivity (Wildman–Crippen MR) is 80.5 cm³/mol. The van der Waals surface area contributed by atoms with E-state index in [0.717, 1.165) is 25.1 Å². The van der Waals surface area contributed by atoms with Gasteiger partial charge in [0.15, 0.2) is 0 Å². The second-order valence-electron chi connectivity index (χ2n) is 4.78. The summed E-state index contributed by atoms with van der Waals surface area (Å²) in [5.74, 6) is 0. The van der Waals surface area contributed by atoms with Gasteiger partial charge in [-0.05, 0) is 42.2 Å². The number of allylic oxidation sites excluding steroid dienone is 1. The maximum absolute atomic E-state index is 12.1. The minimum atomic E-state index is -0.138. The molecule has 0 aromatic carbocycles. The molecule has 1 fully saturated rings. The number of aromatic nitrogens is 2. The fourth-order valence-corrected chi connectivity index (χ4v) is 2.68. The van der Waals surface area contributed by atoms with Gasteiger partial charge in [0, 0.05) is 12.1 Å². The minimum absolute atomic E-state index is 0.138. The van der Waals surface area contributed by atoms with E-state index >= 15 is 0 Å². The molecule has 0 amide bonds. The van der Waals surface area contributed by atoms with E-state index < -0.39 is 0 Å². The van der Waals surface area contributed by atoms with E-state index in [9.17, 15) is 4.79 Å². The number of rotatable bonds is 4. The maximum Gasteiger partial charge on any atom is 0.283 e. The van der Waals surface area contributed by atoms with Crippen LogP contribution in [0, 0.1) is 0 Å². The average Bonchev–Trinajstić information content (AvgIpc) is 2.41. The minimum Gasteiger partial charge on any atom is -0.378 e. The SMILES string of the molecule is C=CCn1ncc(NC2CCCNC2C)c(Br)c1=O. The van der Waals surface area contributed by atoms with E-state index in [0.29, 0.717) is 23.1 Å². The van der Waals surface area contributed by atoms with Gasteiger partial charge >= 0.3 is 0 Å². The summed E-state index contributed by atoms with van der Waals surface area (Å²) in [6.07, 6.45) is 5.58. The normalized spacial score (nSPS) is 23.1. The van der Waals surface area contributed by atoms with Crippen molar-refractivity contribution >= 4 is 21.6 Å². The lowest BCUT2D eigenvalue weighted by Gasteiger charge is -2.31. The van der Waals surface area contributed by atoms with E-state index in [2.05, 4.69) is 45.2 Å². The summed E-state index contributed by atoms with van der Waals surface area (Å²) in [6.45, 7) is 7.23. The molecule has 104 valence electrons. The van der Waals surface area contributed by atoms with Gasteiger partial charge in [-0.1, -0.05) is 6.08 Å². The fourth-order valence-electron chi connectivity index (χ4n) is 2.26. The van der Waals surface area contributed by atoms with Crippen LogP contribution in [0.2, 0.25) is 0 Å². The van der Waals surface area contributed by atoms with Crippen molar-refractivity contribution in [2.75, 3.05) is 11.9 Å². The van der Waals surface area contributed by atoms with Crippen LogP contribution < -0.4 is 16.2 Å². The summed E-state index contributed by atoms with van der Waals surface area (Å²) in [5.41, 5.74) is 0.618. The monoisotopic (exact) mass is 326 g/mol. The molecule has 0 spiro atoms. The highest BCUT2D eigenvalue weighted by Crippen LogP contribution is 2.20. The number of nitrogens with one attached hydrogen (secondary N) is 2. The molecular formula is C13H19BrN4O. The van der Waals surface area contributed by atoms with Crippen LogP contribution in [-0.2, 0) is 6.54 Å². The number of nitrogens with zero attached hydrogens (tertiary/aromatic N) is 2. The van der Waals surface area contributed by atoms with Crippen LogP contribution in [0.15, 0.2) is 28.1 Å². The molecule has 19 heavy (non-hydrogen) atoms. The summed E-state index contributed by atoms with van der Waals surface area (Å²) in [5, 5.41) is 11.0. The van der Waals surface area contributed by atoms with Gasteiger partial charge in [-0.15, -0.1) is 6.58 Å². The molecule has 1 aromatic heterocycles. The molecule has 0 saturated carbocycles. The van der Waals surface area contributed by atoms with Crippen molar-refractivity contribution in [3.63, 3.8) is 0 Å². The van der Waals surface area contributed by atoms with Crippen molar-refractivity contribution in [2.45, 2.75) is 38.4 Å². The Bertz CT molecular complexity index is 514. The molecule has 1 aromatic rings. The van der Waals surface area contributed by atoms with Gasteiger partial charge in [0.1, 0.15) is 4.47 Å². The summed E-state index contributed by atoms with van der Waals surface area (Å²) in [6, 6.07) is 0.706. The van der Waals surface area contributed by atoms with E-state index in [1.165, 1.54) is 4.68 Å². The molecule has 6 heteroatoms. The fraction of sp³-hybridized carbons (Fsp3) is 0.538. The number of hydrogen-bond acceptors (Lipinski definition) is 4. The van der Waals surface area contributed by atoms with Gasteiger partial charge in [0.25, 0.3) is 5.56 Å². The standard InChI is InChI=1S/C13H19BrN4O/c1-3-7-18-13(19)12(14)11(8-16-18)17-10-5-4-6-15-9(10)2/h3,8-10,15,17H,1,4-7H2,2H3. The first-order valence-corrected chi connectivity index (χ1v) is 7.29. The van der Waals surface area contributed by atoms with E-state index in [1.807, 2.05) is 0 Å². The molecule has 5 nitrogen and oxygen atoms in total. The Balaban J connectivity index is 2.19. The first-order valence-electron chi connectivity index (χ1n) is 6.50. The molecule has 2 rings (SSSR count). The van der Waals surface area contributed by atoms with Crippen LogP contribution in [0.25, 0.3) is 0 Å². The lowest BCUT2D eigenvalue weighted by atomic mass is 10.00. The van der Waals surface area contributed by atoms with Crippen LogP contribution >= 0.6 is 15.9 Å². The van der Waals surface area contributed by atoms with Crippen molar-refractivity contribution < 1.29 is 0 Å². The highest BCUT2D eigenvalue weighted by Gasteiger charge is 2.21. The molecule has 2 heterocycles. The number of halogens is 1. The Morgan fingerprint density at radius 3 is 3.21 bits per heavy atom.